The van der Waals surface area contributed by atoms with Gasteiger partial charge in [-0.15, -0.1) is 0 Å². The number of anilines is 1. The van der Waals surface area contributed by atoms with E-state index in [0.29, 0.717) is 5.69 Å². The number of benzene rings is 1. The van der Waals surface area contributed by atoms with E-state index in [1.807, 2.05) is 31.2 Å². The summed E-state index contributed by atoms with van der Waals surface area (Å²) in [4.78, 5) is 23.2. The molecular weight excluding hydrogens is 282 g/mol. The van der Waals surface area contributed by atoms with Crippen LogP contribution in [0.5, 0.6) is 0 Å². The number of aromatic nitrogens is 2. The van der Waals surface area contributed by atoms with Crippen LogP contribution in [0, 0.1) is 6.92 Å². The zero-order valence-corrected chi connectivity index (χ0v) is 12.8. The SMILES string of the molecule is Cc1ccccc1CC(=O)Nc1cnn(C(C)(C)C(=O)O)c1. The summed E-state index contributed by atoms with van der Waals surface area (Å²) in [6.07, 6.45) is 3.23. The number of carbonyl (C=O) groups is 2. The quantitative estimate of drug-likeness (QED) is 0.886. The lowest BCUT2D eigenvalue weighted by molar-refractivity contribution is -0.146. The van der Waals surface area contributed by atoms with Crippen molar-refractivity contribution in [3.05, 3.63) is 47.8 Å². The number of hydrogen-bond acceptors (Lipinski definition) is 3. The number of carbonyl (C=O) groups excluding carboxylic acids is 1. The van der Waals surface area contributed by atoms with Crippen LogP contribution in [-0.2, 0) is 21.5 Å². The lowest BCUT2D eigenvalue weighted by atomic mass is 10.1. The highest BCUT2D eigenvalue weighted by Crippen LogP contribution is 2.17. The number of aryl methyl sites for hydroxylation is 1. The molecule has 2 rings (SSSR count). The van der Waals surface area contributed by atoms with Crippen molar-refractivity contribution in [2.75, 3.05) is 5.32 Å². The molecule has 0 atom stereocenters. The van der Waals surface area contributed by atoms with E-state index in [4.69, 9.17) is 5.11 Å². The molecule has 0 radical (unpaired) electrons. The summed E-state index contributed by atoms with van der Waals surface area (Å²) in [5.41, 5.74) is 1.32. The fourth-order valence-electron chi connectivity index (χ4n) is 1.98. The Balaban J connectivity index is 2.06. The van der Waals surface area contributed by atoms with Gasteiger partial charge in [-0.05, 0) is 31.9 Å². The number of carboxylic acids is 1. The van der Waals surface area contributed by atoms with Gasteiger partial charge in [0.05, 0.1) is 18.3 Å². The Morgan fingerprint density at radius 2 is 2.00 bits per heavy atom. The second kappa shape index (κ2) is 6.01. The van der Waals surface area contributed by atoms with Crippen molar-refractivity contribution in [3.8, 4) is 0 Å². The molecule has 22 heavy (non-hydrogen) atoms. The first kappa shape index (κ1) is 15.8. The van der Waals surface area contributed by atoms with Crippen LogP contribution in [-0.4, -0.2) is 26.8 Å². The van der Waals surface area contributed by atoms with Crippen molar-refractivity contribution in [1.29, 1.82) is 0 Å². The second-order valence-corrected chi connectivity index (χ2v) is 5.69. The van der Waals surface area contributed by atoms with Gasteiger partial charge >= 0.3 is 5.97 Å². The highest BCUT2D eigenvalue weighted by molar-refractivity contribution is 5.92. The van der Waals surface area contributed by atoms with E-state index in [2.05, 4.69) is 10.4 Å². The molecule has 0 spiro atoms. The second-order valence-electron chi connectivity index (χ2n) is 5.69. The van der Waals surface area contributed by atoms with Crippen molar-refractivity contribution in [2.24, 2.45) is 0 Å². The van der Waals surface area contributed by atoms with E-state index >= 15 is 0 Å². The molecule has 2 aromatic rings. The summed E-state index contributed by atoms with van der Waals surface area (Å²) in [6.45, 7) is 5.04. The summed E-state index contributed by atoms with van der Waals surface area (Å²) >= 11 is 0. The van der Waals surface area contributed by atoms with Crippen molar-refractivity contribution >= 4 is 17.6 Å². The molecule has 116 valence electrons. The van der Waals surface area contributed by atoms with E-state index in [1.54, 1.807) is 13.8 Å². The number of rotatable bonds is 5. The number of carboxylic acid groups (broad SMARTS) is 1. The molecule has 0 fully saturated rings. The number of aliphatic carboxylic acids is 1. The zero-order valence-electron chi connectivity index (χ0n) is 12.8. The van der Waals surface area contributed by atoms with Gasteiger partial charge in [0, 0.05) is 6.20 Å². The largest absolute Gasteiger partial charge is 0.479 e. The third-order valence-electron chi connectivity index (χ3n) is 3.57. The molecule has 0 saturated heterocycles. The Bertz CT molecular complexity index is 704. The number of nitrogens with zero attached hydrogens (tertiary/aromatic N) is 2. The standard InChI is InChI=1S/C16H19N3O3/c1-11-6-4-5-7-12(11)8-14(20)18-13-9-17-19(10-13)16(2,3)15(21)22/h4-7,9-10H,8H2,1-3H3,(H,18,20)(H,21,22). The van der Waals surface area contributed by atoms with Crippen LogP contribution in [0.3, 0.4) is 0 Å². The summed E-state index contributed by atoms with van der Waals surface area (Å²) < 4.78 is 1.32. The monoisotopic (exact) mass is 301 g/mol. The van der Waals surface area contributed by atoms with Gasteiger partial charge in [-0.3, -0.25) is 9.48 Å². The predicted molar refractivity (Wildman–Crippen MR) is 82.7 cm³/mol. The average molecular weight is 301 g/mol. The molecular formula is C16H19N3O3. The first-order chi connectivity index (χ1) is 10.3. The van der Waals surface area contributed by atoms with Crippen LogP contribution in [0.4, 0.5) is 5.69 Å². The van der Waals surface area contributed by atoms with Gasteiger partial charge in [-0.2, -0.15) is 5.10 Å². The van der Waals surface area contributed by atoms with Gasteiger partial charge in [0.1, 0.15) is 0 Å². The Morgan fingerprint density at radius 3 is 2.64 bits per heavy atom. The van der Waals surface area contributed by atoms with E-state index in [0.717, 1.165) is 11.1 Å². The van der Waals surface area contributed by atoms with Gasteiger partial charge in [0.2, 0.25) is 5.91 Å². The van der Waals surface area contributed by atoms with E-state index < -0.39 is 11.5 Å². The van der Waals surface area contributed by atoms with E-state index in [1.165, 1.54) is 17.1 Å². The van der Waals surface area contributed by atoms with E-state index in [9.17, 15) is 9.59 Å². The van der Waals surface area contributed by atoms with Crippen LogP contribution >= 0.6 is 0 Å². The molecule has 2 N–H and O–H groups in total. The first-order valence-electron chi connectivity index (χ1n) is 6.93. The lowest BCUT2D eigenvalue weighted by Gasteiger charge is -2.19. The van der Waals surface area contributed by atoms with Crippen LogP contribution in [0.25, 0.3) is 0 Å². The number of hydrogen-bond donors (Lipinski definition) is 2. The zero-order chi connectivity index (χ0) is 16.3. The molecule has 0 aliphatic rings. The van der Waals surface area contributed by atoms with Crippen LogP contribution in [0.15, 0.2) is 36.7 Å². The molecule has 6 heteroatoms. The molecule has 6 nitrogen and oxygen atoms in total. The van der Waals surface area contributed by atoms with Crippen molar-refractivity contribution in [2.45, 2.75) is 32.7 Å². The molecule has 1 aromatic heterocycles. The molecule has 0 saturated carbocycles. The number of amides is 1. The molecule has 0 unspecified atom stereocenters. The minimum Gasteiger partial charge on any atom is -0.479 e. The highest BCUT2D eigenvalue weighted by Gasteiger charge is 2.30. The minimum absolute atomic E-state index is 0.165. The van der Waals surface area contributed by atoms with Crippen molar-refractivity contribution in [3.63, 3.8) is 0 Å². The molecule has 0 aliphatic carbocycles. The maximum atomic E-state index is 12.1. The summed E-state index contributed by atoms with van der Waals surface area (Å²) in [7, 11) is 0. The Kier molecular flexibility index (Phi) is 4.30. The Labute approximate surface area is 128 Å². The first-order valence-corrected chi connectivity index (χ1v) is 6.93. The normalized spacial score (nSPS) is 11.2. The lowest BCUT2D eigenvalue weighted by Crippen LogP contribution is -2.35. The topological polar surface area (TPSA) is 84.2 Å². The molecule has 1 heterocycles. The summed E-state index contributed by atoms with van der Waals surface area (Å²) in [6, 6.07) is 7.68. The van der Waals surface area contributed by atoms with E-state index in [-0.39, 0.29) is 12.3 Å². The van der Waals surface area contributed by atoms with Crippen molar-refractivity contribution < 1.29 is 14.7 Å². The predicted octanol–water partition coefficient (Wildman–Crippen LogP) is 2.19. The van der Waals surface area contributed by atoms with Crippen molar-refractivity contribution in [1.82, 2.24) is 9.78 Å². The molecule has 0 aliphatic heterocycles. The fraction of sp³-hybridized carbons (Fsp3) is 0.312. The third-order valence-corrected chi connectivity index (χ3v) is 3.57. The van der Waals surface area contributed by atoms with Crippen LogP contribution in [0.2, 0.25) is 0 Å². The molecule has 1 aromatic carbocycles. The highest BCUT2D eigenvalue weighted by atomic mass is 16.4. The van der Waals surface area contributed by atoms with Gasteiger partial charge < -0.3 is 10.4 Å². The van der Waals surface area contributed by atoms with Gasteiger partial charge in [-0.25, -0.2) is 4.79 Å². The van der Waals surface area contributed by atoms with Crippen LogP contribution < -0.4 is 5.32 Å². The summed E-state index contributed by atoms with van der Waals surface area (Å²) in [5.74, 6) is -1.16. The molecule has 0 bridgehead atoms. The van der Waals surface area contributed by atoms with Crippen LogP contribution in [0.1, 0.15) is 25.0 Å². The van der Waals surface area contributed by atoms with Gasteiger partial charge in [-0.1, -0.05) is 24.3 Å². The summed E-state index contributed by atoms with van der Waals surface area (Å²) in [5, 5.41) is 15.9. The number of nitrogens with one attached hydrogen (secondary N) is 1. The van der Waals surface area contributed by atoms with Gasteiger partial charge in [0.25, 0.3) is 0 Å². The van der Waals surface area contributed by atoms with Gasteiger partial charge in [0.15, 0.2) is 5.54 Å². The maximum absolute atomic E-state index is 12.1. The maximum Gasteiger partial charge on any atom is 0.331 e. The fourth-order valence-corrected chi connectivity index (χ4v) is 1.98. The molecule has 1 amide bonds. The Hall–Kier alpha value is -2.63. The Morgan fingerprint density at radius 1 is 1.32 bits per heavy atom. The minimum atomic E-state index is -1.17. The smallest absolute Gasteiger partial charge is 0.331 e. The third kappa shape index (κ3) is 3.33. The average Bonchev–Trinajstić information content (AvgIpc) is 2.90.